The van der Waals surface area contributed by atoms with E-state index >= 15 is 0 Å². The lowest BCUT2D eigenvalue weighted by molar-refractivity contribution is 0.0192. The van der Waals surface area contributed by atoms with Crippen LogP contribution in [0.5, 0.6) is 0 Å². The molecule has 0 bridgehead atoms. The summed E-state index contributed by atoms with van der Waals surface area (Å²) in [5.41, 5.74) is 5.59. The van der Waals surface area contributed by atoms with Crippen LogP contribution in [0.25, 0.3) is 0 Å². The highest BCUT2D eigenvalue weighted by atomic mass is 32.2. The Morgan fingerprint density at radius 2 is 2.17 bits per heavy atom. The first-order chi connectivity index (χ1) is 5.47. The zero-order valence-electron chi connectivity index (χ0n) is 7.19. The van der Waals surface area contributed by atoms with Crippen molar-refractivity contribution in [1.82, 2.24) is 0 Å². The first-order valence-electron chi connectivity index (χ1n) is 4.02. The largest absolute Gasteiger partial charge is 0.376 e. The van der Waals surface area contributed by atoms with Crippen molar-refractivity contribution in [2.24, 2.45) is 5.73 Å². The quantitative estimate of drug-likeness (QED) is 0.644. The van der Waals surface area contributed by atoms with Crippen molar-refractivity contribution in [1.29, 1.82) is 0 Å². The van der Waals surface area contributed by atoms with Crippen LogP contribution in [0, 0.1) is 0 Å². The molecule has 2 N–H and O–H groups in total. The Bertz CT molecular complexity index is 229. The second-order valence-corrected chi connectivity index (χ2v) is 5.57. The summed E-state index contributed by atoms with van der Waals surface area (Å²) >= 11 is 0. The van der Waals surface area contributed by atoms with Gasteiger partial charge in [0.05, 0.1) is 18.5 Å². The molecule has 72 valence electrons. The van der Waals surface area contributed by atoms with Gasteiger partial charge < -0.3 is 10.5 Å². The van der Waals surface area contributed by atoms with E-state index < -0.39 is 9.84 Å². The lowest BCUT2D eigenvalue weighted by atomic mass is 10.1. The van der Waals surface area contributed by atoms with Crippen LogP contribution in [-0.2, 0) is 14.6 Å². The third-order valence-electron chi connectivity index (χ3n) is 1.89. The molecule has 1 saturated heterocycles. The zero-order valence-corrected chi connectivity index (χ0v) is 8.01. The van der Waals surface area contributed by atoms with Crippen molar-refractivity contribution in [3.05, 3.63) is 0 Å². The van der Waals surface area contributed by atoms with Crippen LogP contribution in [0.1, 0.15) is 12.8 Å². The second-order valence-electron chi connectivity index (χ2n) is 3.39. The van der Waals surface area contributed by atoms with E-state index in [-0.39, 0.29) is 17.9 Å². The van der Waals surface area contributed by atoms with Crippen molar-refractivity contribution < 1.29 is 13.2 Å². The summed E-state index contributed by atoms with van der Waals surface area (Å²) < 4.78 is 27.0. The topological polar surface area (TPSA) is 69.4 Å². The fourth-order valence-electron chi connectivity index (χ4n) is 1.30. The van der Waals surface area contributed by atoms with Crippen LogP contribution in [-0.4, -0.2) is 39.2 Å². The molecule has 0 saturated carbocycles. The maximum Gasteiger partial charge on any atom is 0.149 e. The van der Waals surface area contributed by atoms with Gasteiger partial charge in [0.1, 0.15) is 9.84 Å². The number of sulfone groups is 1. The highest BCUT2D eigenvalue weighted by Gasteiger charge is 2.22. The molecule has 5 heteroatoms. The van der Waals surface area contributed by atoms with Gasteiger partial charge in [-0.3, -0.25) is 0 Å². The molecule has 0 unspecified atom stereocenters. The minimum absolute atomic E-state index is 0.0841. The van der Waals surface area contributed by atoms with Crippen molar-refractivity contribution in [3.63, 3.8) is 0 Å². The smallest absolute Gasteiger partial charge is 0.149 e. The summed E-state index contributed by atoms with van der Waals surface area (Å²) in [5.74, 6) is 0.125. The van der Waals surface area contributed by atoms with E-state index in [2.05, 4.69) is 0 Å². The predicted octanol–water partition coefficient (Wildman–Crippen LogP) is -0.463. The van der Waals surface area contributed by atoms with Crippen LogP contribution in [0.15, 0.2) is 0 Å². The Labute approximate surface area is 73.0 Å². The predicted molar refractivity (Wildman–Crippen MR) is 46.7 cm³/mol. The van der Waals surface area contributed by atoms with E-state index in [0.717, 1.165) is 12.8 Å². The standard InChI is InChI=1S/C7H15NO3S/c1-12(9,10)5-7-3-2-6(8)4-11-7/h6-7H,2-5,8H2,1H3/t6-,7+/m1/s1. The summed E-state index contributed by atoms with van der Waals surface area (Å²) in [4.78, 5) is 0. The van der Waals surface area contributed by atoms with Crippen LogP contribution < -0.4 is 5.73 Å². The summed E-state index contributed by atoms with van der Waals surface area (Å²) in [7, 11) is -2.91. The Hall–Kier alpha value is -0.130. The van der Waals surface area contributed by atoms with Crippen molar-refractivity contribution in [2.45, 2.75) is 25.0 Å². The number of hydrogen-bond donors (Lipinski definition) is 1. The van der Waals surface area contributed by atoms with Gasteiger partial charge >= 0.3 is 0 Å². The van der Waals surface area contributed by atoms with Crippen LogP contribution in [0.3, 0.4) is 0 Å². The van der Waals surface area contributed by atoms with Gasteiger partial charge in [-0.1, -0.05) is 0 Å². The molecule has 4 nitrogen and oxygen atoms in total. The molecular formula is C7H15NO3S. The van der Waals surface area contributed by atoms with Gasteiger partial charge in [0.25, 0.3) is 0 Å². The summed E-state index contributed by atoms with van der Waals surface area (Å²) in [6.45, 7) is 0.486. The van der Waals surface area contributed by atoms with Crippen LogP contribution >= 0.6 is 0 Å². The van der Waals surface area contributed by atoms with E-state index in [1.807, 2.05) is 0 Å². The van der Waals surface area contributed by atoms with E-state index in [1.165, 1.54) is 6.26 Å². The third kappa shape index (κ3) is 3.51. The minimum atomic E-state index is -2.91. The molecule has 0 aromatic carbocycles. The van der Waals surface area contributed by atoms with Crippen LogP contribution in [0.2, 0.25) is 0 Å². The molecule has 0 radical (unpaired) electrons. The number of rotatable bonds is 2. The van der Waals surface area contributed by atoms with Crippen molar-refractivity contribution >= 4 is 9.84 Å². The monoisotopic (exact) mass is 193 g/mol. The molecule has 0 aliphatic carbocycles. The summed E-state index contributed by atoms with van der Waals surface area (Å²) in [6.07, 6.45) is 2.71. The number of ether oxygens (including phenoxy) is 1. The SMILES string of the molecule is CS(=O)(=O)C[C@@H]1CC[C@@H](N)CO1. The molecule has 0 spiro atoms. The van der Waals surface area contributed by atoms with Gasteiger partial charge in [-0.2, -0.15) is 0 Å². The fraction of sp³-hybridized carbons (Fsp3) is 1.00. The highest BCUT2D eigenvalue weighted by Crippen LogP contribution is 2.13. The second kappa shape index (κ2) is 3.72. The Morgan fingerprint density at radius 1 is 1.50 bits per heavy atom. The van der Waals surface area contributed by atoms with E-state index in [1.54, 1.807) is 0 Å². The first kappa shape index (κ1) is 9.95. The molecule has 0 aromatic rings. The lowest BCUT2D eigenvalue weighted by Crippen LogP contribution is -2.38. The van der Waals surface area contributed by atoms with Gasteiger partial charge in [-0.25, -0.2) is 8.42 Å². The van der Waals surface area contributed by atoms with E-state index in [4.69, 9.17) is 10.5 Å². The van der Waals surface area contributed by atoms with Gasteiger partial charge in [-0.15, -0.1) is 0 Å². The van der Waals surface area contributed by atoms with Crippen molar-refractivity contribution in [2.75, 3.05) is 18.6 Å². The molecule has 1 aliphatic rings. The summed E-state index contributed by atoms with van der Waals surface area (Å²) in [6, 6.07) is 0.0841. The van der Waals surface area contributed by atoms with Gasteiger partial charge in [0.2, 0.25) is 0 Å². The molecule has 2 atom stereocenters. The maximum absolute atomic E-state index is 10.9. The normalized spacial score (nSPS) is 31.8. The molecule has 1 rings (SSSR count). The Balaban J connectivity index is 2.36. The van der Waals surface area contributed by atoms with Gasteiger partial charge in [-0.05, 0) is 12.8 Å². The third-order valence-corrected chi connectivity index (χ3v) is 2.87. The molecule has 1 fully saturated rings. The van der Waals surface area contributed by atoms with Gasteiger partial charge in [0.15, 0.2) is 0 Å². The number of hydrogen-bond acceptors (Lipinski definition) is 4. The Morgan fingerprint density at radius 3 is 2.58 bits per heavy atom. The Kier molecular flexibility index (Phi) is 3.09. The van der Waals surface area contributed by atoms with E-state index in [9.17, 15) is 8.42 Å². The molecule has 0 amide bonds. The molecular weight excluding hydrogens is 178 g/mol. The fourth-order valence-corrected chi connectivity index (χ4v) is 2.23. The minimum Gasteiger partial charge on any atom is -0.376 e. The van der Waals surface area contributed by atoms with E-state index in [0.29, 0.717) is 6.61 Å². The van der Waals surface area contributed by atoms with Gasteiger partial charge in [0, 0.05) is 12.3 Å². The summed E-state index contributed by atoms with van der Waals surface area (Å²) in [5, 5.41) is 0. The maximum atomic E-state index is 10.9. The molecule has 12 heavy (non-hydrogen) atoms. The van der Waals surface area contributed by atoms with Crippen molar-refractivity contribution in [3.8, 4) is 0 Å². The molecule has 0 aromatic heterocycles. The average molecular weight is 193 g/mol. The average Bonchev–Trinajstić information content (AvgIpc) is 1.91. The lowest BCUT2D eigenvalue weighted by Gasteiger charge is -2.25. The molecule has 1 heterocycles. The highest BCUT2D eigenvalue weighted by molar-refractivity contribution is 7.90. The zero-order chi connectivity index (χ0) is 9.19. The first-order valence-corrected chi connectivity index (χ1v) is 6.08. The number of nitrogens with two attached hydrogens (primary N) is 1. The van der Waals surface area contributed by atoms with Crippen LogP contribution in [0.4, 0.5) is 0 Å². The molecule has 1 aliphatic heterocycles.